The maximum Gasteiger partial charge on any atom is 0.263 e. The molecule has 0 aliphatic carbocycles. The Labute approximate surface area is 127 Å². The van der Waals surface area contributed by atoms with E-state index in [1.54, 1.807) is 30.5 Å². The van der Waals surface area contributed by atoms with Gasteiger partial charge in [-0.1, -0.05) is 19.1 Å². The lowest BCUT2D eigenvalue weighted by molar-refractivity contribution is 0.0920. The van der Waals surface area contributed by atoms with Crippen LogP contribution in [0, 0.1) is 0 Å². The summed E-state index contributed by atoms with van der Waals surface area (Å²) in [7, 11) is 0. The molecule has 2 aromatic rings. The predicted molar refractivity (Wildman–Crippen MR) is 81.6 cm³/mol. The molecular weight excluding hydrogens is 288 g/mol. The summed E-state index contributed by atoms with van der Waals surface area (Å²) in [5.74, 6) is -0.0230. The summed E-state index contributed by atoms with van der Waals surface area (Å²) in [6.07, 6.45) is 2.87. The van der Waals surface area contributed by atoms with E-state index < -0.39 is 0 Å². The number of aromatic nitrogens is 1. The van der Waals surface area contributed by atoms with Gasteiger partial charge in [0, 0.05) is 0 Å². The van der Waals surface area contributed by atoms with Crippen LogP contribution < -0.4 is 5.32 Å². The number of nitrogens with zero attached hydrogens (tertiary/aromatic N) is 1. The minimum absolute atomic E-state index is 0.147. The Balaban J connectivity index is 1.98. The van der Waals surface area contributed by atoms with Gasteiger partial charge in [-0.15, -0.1) is 11.3 Å². The maximum atomic E-state index is 12.1. The van der Waals surface area contributed by atoms with Crippen molar-refractivity contribution in [2.24, 2.45) is 0 Å². The van der Waals surface area contributed by atoms with Crippen molar-refractivity contribution in [2.45, 2.75) is 25.8 Å². The predicted octanol–water partition coefficient (Wildman–Crippen LogP) is 1.74. The van der Waals surface area contributed by atoms with Crippen LogP contribution >= 0.6 is 11.3 Å². The van der Waals surface area contributed by atoms with Crippen LogP contribution in [-0.4, -0.2) is 33.8 Å². The van der Waals surface area contributed by atoms with Crippen LogP contribution in [0.4, 0.5) is 0 Å². The fourth-order valence-electron chi connectivity index (χ4n) is 1.91. The summed E-state index contributed by atoms with van der Waals surface area (Å²) in [6.45, 7) is 1.84. The van der Waals surface area contributed by atoms with Gasteiger partial charge in [0.25, 0.3) is 5.91 Å². The van der Waals surface area contributed by atoms with E-state index in [9.17, 15) is 15.0 Å². The van der Waals surface area contributed by atoms with E-state index in [4.69, 9.17) is 0 Å². The Morgan fingerprint density at radius 1 is 1.38 bits per heavy atom. The first-order valence-corrected chi connectivity index (χ1v) is 7.58. The van der Waals surface area contributed by atoms with E-state index >= 15 is 0 Å². The molecule has 0 bridgehead atoms. The molecule has 3 N–H and O–H groups in total. The Bertz CT molecular complexity index is 595. The number of amides is 1. The third kappa shape index (κ3) is 4.27. The number of aromatic hydroxyl groups is 1. The van der Waals surface area contributed by atoms with Crippen LogP contribution in [-0.2, 0) is 12.8 Å². The molecule has 6 heteroatoms. The highest BCUT2D eigenvalue weighted by molar-refractivity contribution is 7.13. The van der Waals surface area contributed by atoms with Crippen molar-refractivity contribution >= 4 is 17.2 Å². The molecule has 1 aromatic heterocycles. The van der Waals surface area contributed by atoms with Gasteiger partial charge in [0.05, 0.1) is 23.9 Å². The highest BCUT2D eigenvalue weighted by Gasteiger charge is 2.15. The molecule has 112 valence electrons. The molecule has 0 unspecified atom stereocenters. The van der Waals surface area contributed by atoms with Crippen molar-refractivity contribution in [1.29, 1.82) is 0 Å². The first-order valence-electron chi connectivity index (χ1n) is 6.76. The van der Waals surface area contributed by atoms with E-state index in [2.05, 4.69) is 10.3 Å². The number of carbonyl (C=O) groups is 1. The number of phenols is 1. The molecule has 0 radical (unpaired) electrons. The molecule has 1 amide bonds. The average molecular weight is 306 g/mol. The van der Waals surface area contributed by atoms with Crippen molar-refractivity contribution in [1.82, 2.24) is 10.3 Å². The molecule has 2 rings (SSSR count). The summed E-state index contributed by atoms with van der Waals surface area (Å²) in [5.41, 5.74) is 0.936. The highest BCUT2D eigenvalue weighted by Crippen LogP contribution is 2.14. The molecule has 1 heterocycles. The van der Waals surface area contributed by atoms with Crippen LogP contribution in [0.1, 0.15) is 27.2 Å². The van der Waals surface area contributed by atoms with E-state index in [-0.39, 0.29) is 24.3 Å². The summed E-state index contributed by atoms with van der Waals surface area (Å²) < 4.78 is 0. The number of phenolic OH excluding ortho intramolecular Hbond substituents is 1. The smallest absolute Gasteiger partial charge is 0.263 e. The minimum atomic E-state index is -0.366. The number of aliphatic hydroxyl groups is 1. The molecule has 0 aliphatic heterocycles. The third-order valence-corrected chi connectivity index (χ3v) is 4.19. The van der Waals surface area contributed by atoms with Crippen LogP contribution in [0.3, 0.4) is 0 Å². The first kappa shape index (κ1) is 15.5. The molecule has 1 atom stereocenters. The summed E-state index contributed by atoms with van der Waals surface area (Å²) in [5, 5.41) is 22.4. The second kappa shape index (κ2) is 7.19. The average Bonchev–Trinajstić information content (AvgIpc) is 2.97. The minimum Gasteiger partial charge on any atom is -0.508 e. The van der Waals surface area contributed by atoms with Crippen molar-refractivity contribution in [3.05, 3.63) is 45.9 Å². The molecule has 0 saturated heterocycles. The Morgan fingerprint density at radius 3 is 2.67 bits per heavy atom. The number of aryl methyl sites for hydroxylation is 1. The zero-order valence-electron chi connectivity index (χ0n) is 11.7. The first-order chi connectivity index (χ1) is 10.1. The van der Waals surface area contributed by atoms with Crippen molar-refractivity contribution in [2.75, 3.05) is 6.61 Å². The maximum absolute atomic E-state index is 12.1. The van der Waals surface area contributed by atoms with Gasteiger partial charge >= 0.3 is 0 Å². The van der Waals surface area contributed by atoms with Gasteiger partial charge < -0.3 is 15.5 Å². The second-order valence-electron chi connectivity index (χ2n) is 4.70. The number of thiazole rings is 1. The molecule has 1 aromatic carbocycles. The van der Waals surface area contributed by atoms with Crippen LogP contribution in [0.5, 0.6) is 5.75 Å². The van der Waals surface area contributed by atoms with Gasteiger partial charge in [0.15, 0.2) is 0 Å². The number of nitrogens with one attached hydrogen (secondary N) is 1. The van der Waals surface area contributed by atoms with Crippen LogP contribution in [0.15, 0.2) is 30.5 Å². The number of hydrogen-bond acceptors (Lipinski definition) is 5. The van der Waals surface area contributed by atoms with Gasteiger partial charge in [-0.25, -0.2) is 4.98 Å². The van der Waals surface area contributed by atoms with E-state index in [0.29, 0.717) is 11.3 Å². The van der Waals surface area contributed by atoms with E-state index in [1.165, 1.54) is 11.3 Å². The summed E-state index contributed by atoms with van der Waals surface area (Å²) in [4.78, 5) is 16.8. The number of aliphatic hydroxyl groups excluding tert-OH is 1. The van der Waals surface area contributed by atoms with Gasteiger partial charge in [0.2, 0.25) is 0 Å². The second-order valence-corrected chi connectivity index (χ2v) is 5.81. The lowest BCUT2D eigenvalue weighted by Gasteiger charge is -2.15. The quantitative estimate of drug-likeness (QED) is 0.759. The van der Waals surface area contributed by atoms with Crippen LogP contribution in [0.25, 0.3) is 0 Å². The van der Waals surface area contributed by atoms with Gasteiger partial charge in [-0.2, -0.15) is 0 Å². The van der Waals surface area contributed by atoms with Gasteiger partial charge in [0.1, 0.15) is 10.6 Å². The number of benzene rings is 1. The Kier molecular flexibility index (Phi) is 5.30. The van der Waals surface area contributed by atoms with Crippen molar-refractivity contribution < 1.29 is 15.0 Å². The summed E-state index contributed by atoms with van der Waals surface area (Å²) in [6, 6.07) is 6.34. The Morgan fingerprint density at radius 2 is 2.10 bits per heavy atom. The zero-order chi connectivity index (χ0) is 15.2. The fraction of sp³-hybridized carbons (Fsp3) is 0.333. The SMILES string of the molecule is CCc1ncc(C(=O)N[C@H](CO)Cc2ccc(O)cc2)s1. The van der Waals surface area contributed by atoms with Crippen molar-refractivity contribution in [3.8, 4) is 5.75 Å². The lowest BCUT2D eigenvalue weighted by Crippen LogP contribution is -2.38. The van der Waals surface area contributed by atoms with E-state index in [0.717, 1.165) is 17.0 Å². The molecule has 0 spiro atoms. The summed E-state index contributed by atoms with van der Waals surface area (Å²) >= 11 is 1.36. The number of carbonyl (C=O) groups excluding carboxylic acids is 1. The lowest BCUT2D eigenvalue weighted by atomic mass is 10.1. The monoisotopic (exact) mass is 306 g/mol. The standard InChI is InChI=1S/C15H18N2O3S/c1-2-14-16-8-13(21-14)15(20)17-11(9-18)7-10-3-5-12(19)6-4-10/h3-6,8,11,18-19H,2,7,9H2,1H3,(H,17,20)/t11-/m0/s1. The van der Waals surface area contributed by atoms with Gasteiger partial charge in [-0.05, 0) is 30.5 Å². The zero-order valence-corrected chi connectivity index (χ0v) is 12.6. The molecular formula is C15H18N2O3S. The van der Waals surface area contributed by atoms with E-state index in [1.807, 2.05) is 6.92 Å². The van der Waals surface area contributed by atoms with Crippen LogP contribution in [0.2, 0.25) is 0 Å². The largest absolute Gasteiger partial charge is 0.508 e. The molecule has 5 nitrogen and oxygen atoms in total. The fourth-order valence-corrected chi connectivity index (χ4v) is 2.67. The number of rotatable bonds is 6. The van der Waals surface area contributed by atoms with Crippen molar-refractivity contribution in [3.63, 3.8) is 0 Å². The third-order valence-electron chi connectivity index (χ3n) is 3.05. The van der Waals surface area contributed by atoms with Gasteiger partial charge in [-0.3, -0.25) is 4.79 Å². The molecule has 21 heavy (non-hydrogen) atoms. The topological polar surface area (TPSA) is 82.5 Å². The molecule has 0 aliphatic rings. The molecule has 0 fully saturated rings. The molecule has 0 saturated carbocycles. The normalized spacial score (nSPS) is 12.1. The highest BCUT2D eigenvalue weighted by atomic mass is 32.1. The number of hydrogen-bond donors (Lipinski definition) is 3. The Hall–Kier alpha value is -1.92.